The van der Waals surface area contributed by atoms with Crippen molar-refractivity contribution in [1.29, 1.82) is 0 Å². The molecule has 2 aliphatic rings. The predicted molar refractivity (Wildman–Crippen MR) is 116 cm³/mol. The Kier molecular flexibility index (Phi) is 6.41. The van der Waals surface area contributed by atoms with Crippen LogP contribution in [0.4, 0.5) is 14.5 Å². The van der Waals surface area contributed by atoms with Crippen LogP contribution >= 0.6 is 0 Å². The molecule has 2 saturated heterocycles. The summed E-state index contributed by atoms with van der Waals surface area (Å²) in [6, 6.07) is 11.1. The maximum atomic E-state index is 13.6. The molecule has 2 amide bonds. The highest BCUT2D eigenvalue weighted by molar-refractivity contribution is 6.09. The van der Waals surface area contributed by atoms with Gasteiger partial charge in [-0.2, -0.15) is 0 Å². The van der Waals surface area contributed by atoms with Gasteiger partial charge in [-0.1, -0.05) is 12.1 Å². The number of methoxy groups -OCH3 is 1. The quantitative estimate of drug-likeness (QED) is 0.666. The number of carbonyl (C=O) groups is 2. The van der Waals surface area contributed by atoms with Gasteiger partial charge in [0.25, 0.3) is 0 Å². The summed E-state index contributed by atoms with van der Waals surface area (Å²) in [5.41, 5.74) is 1.30. The van der Waals surface area contributed by atoms with Gasteiger partial charge in [-0.05, 0) is 43.2 Å². The third kappa shape index (κ3) is 4.46. The van der Waals surface area contributed by atoms with E-state index in [2.05, 4.69) is 17.9 Å². The summed E-state index contributed by atoms with van der Waals surface area (Å²) < 4.78 is 32.4. The molecule has 2 atom stereocenters. The SMILES string of the molecule is COc1cccc(C(C)N2CCN(C(=O)C3CCN(c4cc(F)cc(F)c4)C3=O)CC2)c1. The van der Waals surface area contributed by atoms with Gasteiger partial charge in [0, 0.05) is 50.5 Å². The highest BCUT2D eigenvalue weighted by Crippen LogP contribution is 2.29. The molecule has 0 radical (unpaired) electrons. The van der Waals surface area contributed by atoms with Gasteiger partial charge >= 0.3 is 0 Å². The lowest BCUT2D eigenvalue weighted by Gasteiger charge is -2.39. The number of anilines is 1. The molecule has 2 heterocycles. The van der Waals surface area contributed by atoms with Crippen LogP contribution in [-0.2, 0) is 9.59 Å². The Bertz CT molecular complexity index is 987. The molecule has 0 spiro atoms. The molecule has 8 heteroatoms. The summed E-state index contributed by atoms with van der Waals surface area (Å²) >= 11 is 0. The van der Waals surface area contributed by atoms with Crippen molar-refractivity contribution in [3.05, 3.63) is 59.7 Å². The fourth-order valence-electron chi connectivity index (χ4n) is 4.52. The molecule has 6 nitrogen and oxygen atoms in total. The average molecular weight is 443 g/mol. The van der Waals surface area contributed by atoms with E-state index in [0.717, 1.165) is 29.5 Å². The Morgan fingerprint density at radius 3 is 2.38 bits per heavy atom. The van der Waals surface area contributed by atoms with Crippen molar-refractivity contribution in [3.63, 3.8) is 0 Å². The Morgan fingerprint density at radius 1 is 1.03 bits per heavy atom. The maximum Gasteiger partial charge on any atom is 0.239 e. The van der Waals surface area contributed by atoms with E-state index in [1.807, 2.05) is 18.2 Å². The second-order valence-corrected chi connectivity index (χ2v) is 8.27. The molecule has 0 aromatic heterocycles. The Labute approximate surface area is 186 Å². The van der Waals surface area contributed by atoms with E-state index < -0.39 is 23.5 Å². The van der Waals surface area contributed by atoms with Crippen molar-refractivity contribution in [2.24, 2.45) is 5.92 Å². The molecule has 0 N–H and O–H groups in total. The molecule has 2 fully saturated rings. The molecule has 4 rings (SSSR count). The van der Waals surface area contributed by atoms with Crippen LogP contribution < -0.4 is 9.64 Å². The molecule has 0 bridgehead atoms. The lowest BCUT2D eigenvalue weighted by Crippen LogP contribution is -2.51. The number of halogens is 2. The van der Waals surface area contributed by atoms with E-state index in [1.165, 1.54) is 4.90 Å². The van der Waals surface area contributed by atoms with Crippen LogP contribution in [0.2, 0.25) is 0 Å². The molecule has 2 aromatic carbocycles. The van der Waals surface area contributed by atoms with Crippen molar-refractivity contribution in [2.75, 3.05) is 44.7 Å². The van der Waals surface area contributed by atoms with Crippen LogP contribution in [0.5, 0.6) is 5.75 Å². The Balaban J connectivity index is 1.36. The normalized spacial score (nSPS) is 20.5. The highest BCUT2D eigenvalue weighted by Gasteiger charge is 2.40. The molecule has 2 aliphatic heterocycles. The lowest BCUT2D eigenvalue weighted by molar-refractivity contribution is -0.141. The van der Waals surface area contributed by atoms with Gasteiger partial charge in [0.15, 0.2) is 0 Å². The number of amides is 2. The first-order chi connectivity index (χ1) is 15.4. The molecule has 0 saturated carbocycles. The molecule has 2 aromatic rings. The zero-order chi connectivity index (χ0) is 22.8. The smallest absolute Gasteiger partial charge is 0.239 e. The fraction of sp³-hybridized carbons (Fsp3) is 0.417. The molecule has 0 aliphatic carbocycles. The number of carbonyl (C=O) groups excluding carboxylic acids is 2. The molecular formula is C24H27F2N3O3. The summed E-state index contributed by atoms with van der Waals surface area (Å²) in [5, 5.41) is 0. The largest absolute Gasteiger partial charge is 0.497 e. The number of rotatable bonds is 5. The second-order valence-electron chi connectivity index (χ2n) is 8.27. The van der Waals surface area contributed by atoms with Crippen LogP contribution in [0.3, 0.4) is 0 Å². The molecule has 32 heavy (non-hydrogen) atoms. The fourth-order valence-corrected chi connectivity index (χ4v) is 4.52. The van der Waals surface area contributed by atoms with Crippen molar-refractivity contribution in [3.8, 4) is 5.75 Å². The van der Waals surface area contributed by atoms with Crippen LogP contribution in [0.1, 0.15) is 24.9 Å². The minimum atomic E-state index is -0.802. The third-order valence-corrected chi connectivity index (χ3v) is 6.41. The monoisotopic (exact) mass is 443 g/mol. The van der Waals surface area contributed by atoms with E-state index in [-0.39, 0.29) is 24.2 Å². The van der Waals surface area contributed by atoms with Crippen LogP contribution in [0, 0.1) is 17.6 Å². The van der Waals surface area contributed by atoms with Crippen molar-refractivity contribution >= 4 is 17.5 Å². The van der Waals surface area contributed by atoms with Gasteiger partial charge in [-0.25, -0.2) is 8.78 Å². The first kappa shape index (κ1) is 22.2. The molecule has 2 unspecified atom stereocenters. The van der Waals surface area contributed by atoms with Gasteiger partial charge < -0.3 is 14.5 Å². The van der Waals surface area contributed by atoms with Crippen molar-refractivity contribution < 1.29 is 23.1 Å². The standard InChI is InChI=1S/C24H27F2N3O3/c1-16(17-4-3-5-21(12-17)32-2)27-8-10-28(11-9-27)23(30)22-6-7-29(24(22)31)20-14-18(25)13-19(26)15-20/h3-5,12-16,22H,6-11H2,1-2H3. The number of piperazine rings is 1. The van der Waals surface area contributed by atoms with Gasteiger partial charge in [-0.15, -0.1) is 0 Å². The van der Waals surface area contributed by atoms with E-state index >= 15 is 0 Å². The minimum Gasteiger partial charge on any atom is -0.497 e. The zero-order valence-corrected chi connectivity index (χ0v) is 18.3. The highest BCUT2D eigenvalue weighted by atomic mass is 19.1. The summed E-state index contributed by atoms with van der Waals surface area (Å²) in [7, 11) is 1.64. The number of hydrogen-bond donors (Lipinski definition) is 0. The number of ether oxygens (including phenoxy) is 1. The second kappa shape index (κ2) is 9.24. The van der Waals surface area contributed by atoms with Crippen molar-refractivity contribution in [1.82, 2.24) is 9.80 Å². The van der Waals surface area contributed by atoms with Crippen LogP contribution in [0.15, 0.2) is 42.5 Å². The van der Waals surface area contributed by atoms with Gasteiger partial charge in [0.05, 0.1) is 7.11 Å². The van der Waals surface area contributed by atoms with E-state index in [1.54, 1.807) is 12.0 Å². The average Bonchev–Trinajstić information content (AvgIpc) is 3.19. The number of hydrogen-bond acceptors (Lipinski definition) is 4. The first-order valence-corrected chi connectivity index (χ1v) is 10.8. The maximum absolute atomic E-state index is 13.6. The number of nitrogens with zero attached hydrogens (tertiary/aromatic N) is 3. The zero-order valence-electron chi connectivity index (χ0n) is 18.3. The van der Waals surface area contributed by atoms with Crippen molar-refractivity contribution in [2.45, 2.75) is 19.4 Å². The summed E-state index contributed by atoms with van der Waals surface area (Å²) in [6.45, 7) is 4.86. The topological polar surface area (TPSA) is 53.1 Å². The molecular weight excluding hydrogens is 416 g/mol. The third-order valence-electron chi connectivity index (χ3n) is 6.41. The van der Waals surface area contributed by atoms with Crippen LogP contribution in [0.25, 0.3) is 0 Å². The van der Waals surface area contributed by atoms with E-state index in [0.29, 0.717) is 32.6 Å². The van der Waals surface area contributed by atoms with Gasteiger partial charge in [0.1, 0.15) is 23.3 Å². The van der Waals surface area contributed by atoms with E-state index in [9.17, 15) is 18.4 Å². The Morgan fingerprint density at radius 2 is 1.72 bits per heavy atom. The minimum absolute atomic E-state index is 0.153. The lowest BCUT2D eigenvalue weighted by atomic mass is 10.0. The summed E-state index contributed by atoms with van der Waals surface area (Å²) in [6.07, 6.45) is 0.343. The van der Waals surface area contributed by atoms with Gasteiger partial charge in [-0.3, -0.25) is 14.5 Å². The summed E-state index contributed by atoms with van der Waals surface area (Å²) in [4.78, 5) is 31.2. The summed E-state index contributed by atoms with van der Waals surface area (Å²) in [5.74, 6) is -2.09. The van der Waals surface area contributed by atoms with Gasteiger partial charge in [0.2, 0.25) is 11.8 Å². The predicted octanol–water partition coefficient (Wildman–Crippen LogP) is 3.23. The number of benzene rings is 2. The van der Waals surface area contributed by atoms with E-state index in [4.69, 9.17) is 4.74 Å². The van der Waals surface area contributed by atoms with Crippen LogP contribution in [-0.4, -0.2) is 61.4 Å². The molecule has 170 valence electrons. The first-order valence-electron chi connectivity index (χ1n) is 10.8. The Hall–Kier alpha value is -3.00.